The van der Waals surface area contributed by atoms with Crippen molar-refractivity contribution in [2.75, 3.05) is 75.9 Å². The molecule has 4 N–H and O–H groups in total. The van der Waals surface area contributed by atoms with Crippen LogP contribution < -0.4 is 35.9 Å². The molecular formula is C46H67F2N11O4. The molecule has 63 heavy (non-hydrogen) atoms. The molecule has 1 fully saturated rings. The SMILES string of the molecule is C=Nc1cc(C)cc2c1N(CNOC(C)c1cc(C)nn1CC)C/C=C/CNc1c(N=CCC/C(C)=N\NCC)cc(C(=O)NCCCN3CCC(F)(F)CC3)cc1OCCCO2. The number of piperidine rings is 1. The first-order chi connectivity index (χ1) is 30.4. The molecule has 0 bridgehead atoms. The molecule has 1 atom stereocenters. The first kappa shape index (κ1) is 48.6. The number of ether oxygens (including phenoxy) is 2. The van der Waals surface area contributed by atoms with Crippen molar-refractivity contribution in [2.45, 2.75) is 98.6 Å². The number of amides is 1. The topological polar surface area (TPSA) is 154 Å². The Morgan fingerprint density at radius 3 is 2.60 bits per heavy atom. The van der Waals surface area contributed by atoms with E-state index in [1.165, 1.54) is 0 Å². The highest BCUT2D eigenvalue weighted by Gasteiger charge is 2.33. The maximum absolute atomic E-state index is 13.7. The van der Waals surface area contributed by atoms with Crippen LogP contribution in [0.3, 0.4) is 0 Å². The average molecular weight is 876 g/mol. The molecule has 0 saturated carbocycles. The van der Waals surface area contributed by atoms with E-state index in [4.69, 9.17) is 19.3 Å². The summed E-state index contributed by atoms with van der Waals surface area (Å²) in [5.74, 6) is -1.71. The van der Waals surface area contributed by atoms with Gasteiger partial charge in [0.15, 0.2) is 0 Å². The van der Waals surface area contributed by atoms with Crippen molar-refractivity contribution in [3.63, 3.8) is 0 Å². The number of hydrazone groups is 1. The molecule has 3 aromatic rings. The summed E-state index contributed by atoms with van der Waals surface area (Å²) in [6, 6.07) is 9.52. The maximum atomic E-state index is 13.7. The molecule has 0 radical (unpaired) electrons. The number of hydrogen-bond donors (Lipinski definition) is 4. The molecule has 0 spiro atoms. The van der Waals surface area contributed by atoms with Crippen molar-refractivity contribution in [1.82, 2.24) is 30.9 Å². The van der Waals surface area contributed by atoms with Crippen LogP contribution in [0.25, 0.3) is 0 Å². The van der Waals surface area contributed by atoms with E-state index in [1.54, 1.807) is 12.1 Å². The minimum atomic E-state index is -2.59. The van der Waals surface area contributed by atoms with Crippen molar-refractivity contribution in [1.29, 1.82) is 0 Å². The number of hydrogen-bond acceptors (Lipinski definition) is 13. The summed E-state index contributed by atoms with van der Waals surface area (Å²) >= 11 is 0. The fourth-order valence-corrected chi connectivity index (χ4v) is 7.37. The summed E-state index contributed by atoms with van der Waals surface area (Å²) in [6.45, 7) is 21.0. The molecule has 2 aromatic carbocycles. The number of alkyl halides is 2. The number of aromatic nitrogens is 2. The third kappa shape index (κ3) is 14.9. The van der Waals surface area contributed by atoms with E-state index in [2.05, 4.69) is 61.3 Å². The van der Waals surface area contributed by atoms with E-state index in [9.17, 15) is 13.6 Å². The van der Waals surface area contributed by atoms with Gasteiger partial charge in [0, 0.05) is 82.6 Å². The molecular weight excluding hydrogens is 809 g/mol. The van der Waals surface area contributed by atoms with Crippen LogP contribution in [0.5, 0.6) is 11.5 Å². The van der Waals surface area contributed by atoms with E-state index < -0.39 is 5.92 Å². The third-order valence-electron chi connectivity index (χ3n) is 10.7. The predicted molar refractivity (Wildman–Crippen MR) is 249 cm³/mol. The number of halogens is 2. The quantitative estimate of drug-likeness (QED) is 0.0428. The van der Waals surface area contributed by atoms with Crippen molar-refractivity contribution in [3.05, 3.63) is 65.0 Å². The Kier molecular flexibility index (Phi) is 18.9. The highest BCUT2D eigenvalue weighted by Crippen LogP contribution is 2.40. The average Bonchev–Trinajstić information content (AvgIpc) is 3.65. The zero-order valence-electron chi connectivity index (χ0n) is 37.9. The first-order valence-electron chi connectivity index (χ1n) is 22.2. The second-order valence-corrected chi connectivity index (χ2v) is 15.9. The number of carbonyl (C=O) groups is 1. The van der Waals surface area contributed by atoms with Gasteiger partial charge < -0.3 is 35.3 Å². The number of anilines is 2. The summed E-state index contributed by atoms with van der Waals surface area (Å²) in [7, 11) is 0. The Bertz CT molecular complexity index is 2040. The molecule has 1 saturated heterocycles. The van der Waals surface area contributed by atoms with E-state index in [0.29, 0.717) is 119 Å². The molecule has 344 valence electrons. The second kappa shape index (κ2) is 24.5. The number of nitrogens with one attached hydrogen (secondary N) is 4. The molecule has 1 aromatic heterocycles. The minimum absolute atomic E-state index is 0.130. The Labute approximate surface area is 371 Å². The van der Waals surface area contributed by atoms with Gasteiger partial charge in [-0.1, -0.05) is 12.2 Å². The van der Waals surface area contributed by atoms with Crippen LogP contribution in [0.4, 0.5) is 31.5 Å². The lowest BCUT2D eigenvalue weighted by atomic mass is 10.1. The third-order valence-corrected chi connectivity index (χ3v) is 10.7. The van der Waals surface area contributed by atoms with Gasteiger partial charge in [-0.25, -0.2) is 8.78 Å². The van der Waals surface area contributed by atoms with Crippen molar-refractivity contribution >= 4 is 47.3 Å². The zero-order chi connectivity index (χ0) is 45.2. The van der Waals surface area contributed by atoms with Crippen molar-refractivity contribution < 1.29 is 27.9 Å². The fourth-order valence-electron chi connectivity index (χ4n) is 7.37. The number of hydroxylamine groups is 1. The van der Waals surface area contributed by atoms with Crippen LogP contribution in [0, 0.1) is 13.8 Å². The van der Waals surface area contributed by atoms with Gasteiger partial charge in [-0.2, -0.15) is 15.7 Å². The monoisotopic (exact) mass is 876 g/mol. The van der Waals surface area contributed by atoms with Gasteiger partial charge in [0.25, 0.3) is 11.8 Å². The summed E-state index contributed by atoms with van der Waals surface area (Å²) in [5, 5.41) is 15.5. The van der Waals surface area contributed by atoms with Crippen LogP contribution in [0.15, 0.2) is 57.6 Å². The summed E-state index contributed by atoms with van der Waals surface area (Å²) in [4.78, 5) is 33.2. The van der Waals surface area contributed by atoms with Crippen molar-refractivity contribution in [3.8, 4) is 11.5 Å². The normalized spacial score (nSPS) is 17.3. The second-order valence-electron chi connectivity index (χ2n) is 15.9. The molecule has 17 heteroatoms. The van der Waals surface area contributed by atoms with Gasteiger partial charge in [-0.3, -0.25) is 24.3 Å². The van der Waals surface area contributed by atoms with Crippen LogP contribution in [0.1, 0.15) is 99.6 Å². The smallest absolute Gasteiger partial charge is 0.251 e. The highest BCUT2D eigenvalue weighted by atomic mass is 19.3. The molecule has 2 aliphatic heterocycles. The molecule has 5 rings (SSSR count). The highest BCUT2D eigenvalue weighted by molar-refractivity contribution is 5.97. The summed E-state index contributed by atoms with van der Waals surface area (Å²) < 4.78 is 42.1. The Morgan fingerprint density at radius 1 is 1.08 bits per heavy atom. The molecule has 2 aliphatic rings. The molecule has 1 unspecified atom stereocenters. The Morgan fingerprint density at radius 2 is 1.86 bits per heavy atom. The summed E-state index contributed by atoms with van der Waals surface area (Å²) in [5.41, 5.74) is 13.1. The van der Waals surface area contributed by atoms with Gasteiger partial charge in [-0.15, -0.1) is 0 Å². The minimum Gasteiger partial charge on any atom is -0.491 e. The molecule has 3 heterocycles. The van der Waals surface area contributed by atoms with Crippen LogP contribution >= 0.6 is 0 Å². The number of benzene rings is 2. The molecule has 15 nitrogen and oxygen atoms in total. The number of carbonyl (C=O) groups excluding carboxylic acids is 1. The standard InChI is InChI=1S/C46H67F2N11O4/c1-8-53-55-34(4)15-12-19-50-38-30-37(45(60)52-20-13-21-57-23-16-46(47,48)17-24-57)31-41-43(38)51-18-10-11-22-58(32-54-63-36(6)40-29-35(5)56-59(40)9-2)44-39(49-7)27-33(3)28-42(44)62-26-14-25-61-41/h10-11,19,27-31,36,51,53-54H,7-9,12-18,20-26,32H2,1-6H3,(H,52,60)/b11-10+,50-19?,55-34-. The van der Waals surface area contributed by atoms with Gasteiger partial charge in [-0.05, 0) is 110 Å². The Hall–Kier alpha value is -5.39. The first-order valence-corrected chi connectivity index (χ1v) is 22.2. The van der Waals surface area contributed by atoms with E-state index in [1.807, 2.05) is 74.7 Å². The van der Waals surface area contributed by atoms with E-state index in [-0.39, 0.29) is 24.9 Å². The lowest BCUT2D eigenvalue weighted by molar-refractivity contribution is -0.0550. The van der Waals surface area contributed by atoms with E-state index in [0.717, 1.165) is 41.4 Å². The molecule has 0 aliphatic carbocycles. The van der Waals surface area contributed by atoms with Gasteiger partial charge >= 0.3 is 0 Å². The van der Waals surface area contributed by atoms with E-state index >= 15 is 0 Å². The predicted octanol–water partition coefficient (Wildman–Crippen LogP) is 8.05. The summed E-state index contributed by atoms with van der Waals surface area (Å²) in [6.07, 6.45) is 7.92. The van der Waals surface area contributed by atoms with Gasteiger partial charge in [0.1, 0.15) is 29.0 Å². The number of rotatable bonds is 18. The number of nitrogens with zero attached hydrogens (tertiary/aromatic N) is 7. The Balaban J connectivity index is 1.36. The van der Waals surface area contributed by atoms with Crippen LogP contribution in [-0.4, -0.2) is 111 Å². The fraction of sp³-hybridized carbons (Fsp3) is 0.543. The number of aryl methyl sites for hydroxylation is 3. The van der Waals surface area contributed by atoms with Gasteiger partial charge in [0.05, 0.1) is 42.6 Å². The maximum Gasteiger partial charge on any atom is 0.251 e. The van der Waals surface area contributed by atoms with Crippen LogP contribution in [0.2, 0.25) is 0 Å². The van der Waals surface area contributed by atoms with Crippen molar-refractivity contribution in [2.24, 2.45) is 15.1 Å². The zero-order valence-corrected chi connectivity index (χ0v) is 37.9. The largest absolute Gasteiger partial charge is 0.491 e. The lowest BCUT2D eigenvalue weighted by Crippen LogP contribution is -2.40. The molecule has 1 amide bonds. The van der Waals surface area contributed by atoms with Gasteiger partial charge in [0.2, 0.25) is 0 Å². The number of fused-ring (bicyclic) bond motifs is 2. The number of likely N-dealkylation sites (tertiary alicyclic amines) is 1. The number of aliphatic imine (C=N–C) groups is 2. The lowest BCUT2D eigenvalue weighted by Gasteiger charge is -2.31. The van der Waals surface area contributed by atoms with Crippen LogP contribution in [-0.2, 0) is 11.4 Å².